The maximum atomic E-state index is 7.54. The Bertz CT molecular complexity index is 2230. The molecule has 4 atom stereocenters. The molecule has 3 unspecified atom stereocenters. The molecule has 1 aliphatic carbocycles. The lowest BCUT2D eigenvalue weighted by atomic mass is 9.53. The summed E-state index contributed by atoms with van der Waals surface area (Å²) >= 11 is 0. The molecule has 10 nitrogen and oxygen atoms in total. The van der Waals surface area contributed by atoms with Crippen LogP contribution in [0.25, 0.3) is 5.65 Å². The van der Waals surface area contributed by atoms with Crippen molar-refractivity contribution in [3.05, 3.63) is 126 Å². The van der Waals surface area contributed by atoms with E-state index in [1.807, 2.05) is 4.52 Å². The smallest absolute Gasteiger partial charge is 0.261 e. The number of nitrogens with zero attached hydrogens (tertiary/aromatic N) is 6. The second kappa shape index (κ2) is 12.1. The van der Waals surface area contributed by atoms with Gasteiger partial charge in [-0.1, -0.05) is 119 Å². The van der Waals surface area contributed by atoms with Crippen molar-refractivity contribution in [2.45, 2.75) is 69.4 Å². The highest BCUT2D eigenvalue weighted by atomic mass is 28.4. The van der Waals surface area contributed by atoms with Gasteiger partial charge in [-0.2, -0.15) is 4.98 Å². The molecule has 3 aromatic heterocycles. The molecule has 3 aliphatic heterocycles. The molecule has 3 saturated heterocycles. The van der Waals surface area contributed by atoms with Crippen molar-refractivity contribution in [1.29, 1.82) is 0 Å². The number of fused-ring (bicyclic) bond motifs is 2. The van der Waals surface area contributed by atoms with Gasteiger partial charge in [0.05, 0.1) is 24.4 Å². The fourth-order valence-electron chi connectivity index (χ4n) is 9.76. The lowest BCUT2D eigenvalue weighted by Gasteiger charge is -2.52. The normalized spacial score (nSPS) is 25.6. The van der Waals surface area contributed by atoms with E-state index in [1.165, 1.54) is 15.9 Å². The van der Waals surface area contributed by atoms with Crippen molar-refractivity contribution in [3.8, 4) is 0 Å². The average Bonchev–Trinajstić information content (AvgIpc) is 3.99. The van der Waals surface area contributed by atoms with Gasteiger partial charge in [0.1, 0.15) is 11.4 Å². The van der Waals surface area contributed by atoms with Gasteiger partial charge in [0.15, 0.2) is 11.5 Å². The Morgan fingerprint density at radius 3 is 2.25 bits per heavy atom. The van der Waals surface area contributed by atoms with Crippen molar-refractivity contribution in [2.75, 3.05) is 36.9 Å². The first-order valence-corrected chi connectivity index (χ1v) is 20.6. The van der Waals surface area contributed by atoms with E-state index in [4.69, 9.17) is 30.0 Å². The predicted octanol–water partition coefficient (Wildman–Crippen LogP) is 5.88. The molecule has 6 heterocycles. The van der Waals surface area contributed by atoms with E-state index in [9.17, 15) is 0 Å². The highest BCUT2D eigenvalue weighted by molar-refractivity contribution is 6.99. The Morgan fingerprint density at radius 1 is 0.962 bits per heavy atom. The number of anilines is 2. The number of nitrogen functional groups attached to an aromatic ring is 1. The number of nitrogens with one attached hydrogen (secondary N) is 1. The maximum absolute atomic E-state index is 7.54. The van der Waals surface area contributed by atoms with Crippen molar-refractivity contribution >= 4 is 36.0 Å². The van der Waals surface area contributed by atoms with E-state index in [0.29, 0.717) is 31.3 Å². The van der Waals surface area contributed by atoms with Gasteiger partial charge in [-0.3, -0.25) is 5.10 Å². The molecule has 3 N–H and O–H groups in total. The summed E-state index contributed by atoms with van der Waals surface area (Å²) in [5.41, 5.74) is 9.49. The van der Waals surface area contributed by atoms with Crippen LogP contribution in [-0.2, 0) is 20.2 Å². The van der Waals surface area contributed by atoms with Gasteiger partial charge in [-0.05, 0) is 52.4 Å². The third kappa shape index (κ3) is 5.19. The first kappa shape index (κ1) is 34.0. The molecule has 4 aliphatic rings. The van der Waals surface area contributed by atoms with E-state index in [2.05, 4.69) is 153 Å². The largest absolute Gasteiger partial charge is 0.407 e. The third-order valence-electron chi connectivity index (χ3n) is 12.4. The summed E-state index contributed by atoms with van der Waals surface area (Å²) in [6.07, 6.45) is 3.92. The number of pyridine rings is 1. The zero-order chi connectivity index (χ0) is 36.6. The molecule has 0 amide bonds. The van der Waals surface area contributed by atoms with E-state index in [1.54, 1.807) is 0 Å². The predicted molar refractivity (Wildman–Crippen MR) is 210 cm³/mol. The molecule has 6 aromatic rings. The monoisotopic (exact) mass is 724 g/mol. The molecule has 0 spiro atoms. The molecular formula is C42H48N8O2Si. The first-order valence-electron chi connectivity index (χ1n) is 18.7. The number of H-pyrrole nitrogens is 1. The van der Waals surface area contributed by atoms with Gasteiger partial charge in [-0.15, -0.1) is 10.2 Å². The van der Waals surface area contributed by atoms with Crippen LogP contribution in [0.2, 0.25) is 5.04 Å². The fourth-order valence-corrected chi connectivity index (χ4v) is 14.4. The van der Waals surface area contributed by atoms with Crippen LogP contribution in [-0.4, -0.2) is 64.4 Å². The number of aromatic nitrogens is 6. The van der Waals surface area contributed by atoms with Crippen LogP contribution < -0.4 is 21.0 Å². The van der Waals surface area contributed by atoms with Crippen molar-refractivity contribution < 1.29 is 9.16 Å². The van der Waals surface area contributed by atoms with E-state index >= 15 is 0 Å². The minimum absolute atomic E-state index is 0.0895. The van der Waals surface area contributed by atoms with Gasteiger partial charge < -0.3 is 19.8 Å². The summed E-state index contributed by atoms with van der Waals surface area (Å²) in [4.78, 5) is 12.4. The van der Waals surface area contributed by atoms with Gasteiger partial charge >= 0.3 is 0 Å². The van der Waals surface area contributed by atoms with Crippen LogP contribution in [0.3, 0.4) is 0 Å². The van der Waals surface area contributed by atoms with Gasteiger partial charge in [0.25, 0.3) is 8.32 Å². The zero-order valence-electron chi connectivity index (χ0n) is 31.2. The minimum Gasteiger partial charge on any atom is -0.407 e. The number of aromatic amines is 1. The number of aryl methyl sites for hydroxylation is 1. The number of benzene rings is 3. The first-order chi connectivity index (χ1) is 25.5. The number of hydrogen-bond acceptors (Lipinski definition) is 8. The van der Waals surface area contributed by atoms with Crippen LogP contribution in [0.1, 0.15) is 69.2 Å². The number of nitrogens with two attached hydrogens (primary N) is 1. The topological polar surface area (TPSA) is 119 Å². The standard InChI is InChI=1S/C42H48N8O2Si/c1-29-23-31(49-22-21-40(5,26-49)30-15-9-6-10-16-30)24-50-36(29)45-37(48-50)42-25-41(27-51-42,34(42)35-44-38(43)47-46-35)28-52-53(39(2,3)4,32-17-11-7-12-18-32)33-19-13-8-14-20-33/h6-20,23-24,34H,21-22,25-28H2,1-5H3,(H3,43,44,46,47)/t34?,40-,41?,42?/m0/s1. The van der Waals surface area contributed by atoms with E-state index in [-0.39, 0.29) is 27.7 Å². The highest BCUT2D eigenvalue weighted by Gasteiger charge is 2.75. The molecule has 272 valence electrons. The Hall–Kier alpha value is -4.84. The van der Waals surface area contributed by atoms with Crippen LogP contribution in [0.4, 0.5) is 11.6 Å². The summed E-state index contributed by atoms with van der Waals surface area (Å²) in [7, 11) is -2.82. The molecule has 1 saturated carbocycles. The van der Waals surface area contributed by atoms with Crippen LogP contribution in [0, 0.1) is 12.3 Å². The molecular weight excluding hydrogens is 677 g/mol. The third-order valence-corrected chi connectivity index (χ3v) is 17.4. The Balaban J connectivity index is 1.07. The molecule has 3 aromatic carbocycles. The zero-order valence-corrected chi connectivity index (χ0v) is 32.2. The summed E-state index contributed by atoms with van der Waals surface area (Å²) in [6, 6.07) is 34.7. The lowest BCUT2D eigenvalue weighted by Crippen LogP contribution is -2.68. The molecule has 11 heteroatoms. The second-order valence-electron chi connectivity index (χ2n) is 16.9. The van der Waals surface area contributed by atoms with E-state index < -0.39 is 13.9 Å². The second-order valence-corrected chi connectivity index (χ2v) is 21.2. The van der Waals surface area contributed by atoms with Gasteiger partial charge in [0.2, 0.25) is 5.95 Å². The van der Waals surface area contributed by atoms with Crippen LogP contribution >= 0.6 is 0 Å². The van der Waals surface area contributed by atoms with Crippen molar-refractivity contribution in [2.24, 2.45) is 5.41 Å². The SMILES string of the molecule is Cc1cc(N2CC[C@](C)(c3ccccc3)C2)cn2nc(C34CC(CO[Si](c5ccccc5)(c5ccccc5)C(C)(C)C)(CO3)C4c3nc(N)n[nH]3)nc12. The Labute approximate surface area is 311 Å². The average molecular weight is 725 g/mol. The summed E-state index contributed by atoms with van der Waals surface area (Å²) < 4.78 is 16.4. The van der Waals surface area contributed by atoms with Crippen LogP contribution in [0.15, 0.2) is 103 Å². The highest BCUT2D eigenvalue weighted by Crippen LogP contribution is 2.70. The summed E-state index contributed by atoms with van der Waals surface area (Å²) in [5.74, 6) is 1.33. The molecule has 2 bridgehead atoms. The maximum Gasteiger partial charge on any atom is 0.261 e. The number of rotatable bonds is 9. The number of ether oxygens (including phenoxy) is 1. The molecule has 10 rings (SSSR count). The van der Waals surface area contributed by atoms with Crippen molar-refractivity contribution in [3.63, 3.8) is 0 Å². The molecule has 0 radical (unpaired) electrons. The fraction of sp³-hybridized carbons (Fsp3) is 0.381. The Kier molecular flexibility index (Phi) is 7.75. The minimum atomic E-state index is -2.82. The Morgan fingerprint density at radius 2 is 1.62 bits per heavy atom. The quantitative estimate of drug-likeness (QED) is 0.178. The van der Waals surface area contributed by atoms with E-state index in [0.717, 1.165) is 36.4 Å². The van der Waals surface area contributed by atoms with Crippen LogP contribution in [0.5, 0.6) is 0 Å². The summed E-state index contributed by atoms with van der Waals surface area (Å²) in [5, 5.41) is 14.9. The lowest BCUT2D eigenvalue weighted by molar-refractivity contribution is -0.0694. The summed E-state index contributed by atoms with van der Waals surface area (Å²) in [6.45, 7) is 14.3. The van der Waals surface area contributed by atoms with Crippen molar-refractivity contribution in [1.82, 2.24) is 29.8 Å². The molecule has 4 fully saturated rings. The van der Waals surface area contributed by atoms with Gasteiger partial charge in [-0.25, -0.2) is 9.50 Å². The van der Waals surface area contributed by atoms with Gasteiger partial charge in [0, 0.05) is 30.5 Å². The number of hydrogen-bond donors (Lipinski definition) is 2. The molecule has 53 heavy (non-hydrogen) atoms.